The number of aliphatic hydroxyl groups is 1. The molecule has 2 amide bonds. The summed E-state index contributed by atoms with van der Waals surface area (Å²) in [6.07, 6.45) is 7.28. The number of benzene rings is 1. The Morgan fingerprint density at radius 2 is 2.09 bits per heavy atom. The second kappa shape index (κ2) is 8.94. The minimum absolute atomic E-state index is 0.0154. The third-order valence-corrected chi connectivity index (χ3v) is 7.30. The molecule has 1 saturated carbocycles. The molecule has 6 rings (SSSR count). The van der Waals surface area contributed by atoms with Crippen molar-refractivity contribution in [3.05, 3.63) is 53.5 Å². The van der Waals surface area contributed by atoms with Gasteiger partial charge in [-0.15, -0.1) is 0 Å². The zero-order valence-corrected chi connectivity index (χ0v) is 19.4. The lowest BCUT2D eigenvalue weighted by atomic mass is 10.1. The molecule has 1 saturated heterocycles. The number of carbonyl (C=O) groups excluding carboxylic acids is 2. The van der Waals surface area contributed by atoms with Crippen molar-refractivity contribution in [3.63, 3.8) is 0 Å². The van der Waals surface area contributed by atoms with E-state index >= 15 is 0 Å². The Balaban J connectivity index is 1.32. The molecule has 10 heteroatoms. The first-order valence-electron chi connectivity index (χ1n) is 12.1. The number of hydrogen-bond donors (Lipinski definition) is 2. The van der Waals surface area contributed by atoms with Crippen molar-refractivity contribution in [1.82, 2.24) is 19.5 Å². The number of carbonyl (C=O) groups is 2. The maximum absolute atomic E-state index is 13.3. The molecule has 1 aliphatic carbocycles. The van der Waals surface area contributed by atoms with Crippen LogP contribution in [-0.4, -0.2) is 75.4 Å². The zero-order valence-electron chi connectivity index (χ0n) is 19.4. The van der Waals surface area contributed by atoms with Gasteiger partial charge in [0, 0.05) is 50.1 Å². The highest BCUT2D eigenvalue weighted by molar-refractivity contribution is 6.10. The lowest BCUT2D eigenvalue weighted by Gasteiger charge is -2.31. The molecular weight excluding hydrogens is 448 g/mol. The molecule has 2 aromatic heterocycles. The number of ether oxygens (including phenoxy) is 1. The predicted octanol–water partition coefficient (Wildman–Crippen LogP) is 1.93. The first-order chi connectivity index (χ1) is 17.1. The third kappa shape index (κ3) is 4.02. The molecule has 3 aliphatic rings. The molecule has 2 aliphatic heterocycles. The molecule has 0 unspecified atom stereocenters. The van der Waals surface area contributed by atoms with Crippen LogP contribution in [0.3, 0.4) is 0 Å². The Morgan fingerprint density at radius 3 is 2.89 bits per heavy atom. The van der Waals surface area contributed by atoms with E-state index in [1.54, 1.807) is 23.0 Å². The summed E-state index contributed by atoms with van der Waals surface area (Å²) in [4.78, 5) is 34.8. The average Bonchev–Trinajstić information content (AvgIpc) is 3.57. The quantitative estimate of drug-likeness (QED) is 0.579. The third-order valence-electron chi connectivity index (χ3n) is 7.30. The SMILES string of the molecule is O=C(Nc1cc2c(cc1N1CCOCC1)C(=O)N(C[C@@H]1CCC[C@@H]1O)C2)c1cnn2cccnc12. The van der Waals surface area contributed by atoms with E-state index in [1.165, 1.54) is 6.20 Å². The smallest absolute Gasteiger partial charge is 0.261 e. The summed E-state index contributed by atoms with van der Waals surface area (Å²) in [5, 5.41) is 17.5. The number of rotatable bonds is 5. The topological polar surface area (TPSA) is 112 Å². The predicted molar refractivity (Wildman–Crippen MR) is 129 cm³/mol. The van der Waals surface area contributed by atoms with Crippen molar-refractivity contribution in [3.8, 4) is 0 Å². The number of fused-ring (bicyclic) bond motifs is 2. The lowest BCUT2D eigenvalue weighted by molar-refractivity contribution is 0.0661. The Bertz CT molecular complexity index is 1280. The molecule has 2 atom stereocenters. The molecule has 35 heavy (non-hydrogen) atoms. The molecule has 0 bridgehead atoms. The van der Waals surface area contributed by atoms with Crippen LogP contribution in [0.15, 0.2) is 36.8 Å². The molecule has 1 aromatic carbocycles. The molecule has 4 heterocycles. The number of aliphatic hydroxyl groups excluding tert-OH is 1. The van der Waals surface area contributed by atoms with Crippen LogP contribution in [-0.2, 0) is 11.3 Å². The highest BCUT2D eigenvalue weighted by Crippen LogP contribution is 2.36. The standard InChI is InChI=1S/C25H28N6O4/c32-22-4-1-3-16(22)14-30-15-17-11-20(21(12-18(17)25(30)34)29-7-9-35-10-8-29)28-24(33)19-13-27-31-6-2-5-26-23(19)31/h2,5-6,11-13,16,22,32H,1,3-4,7-10,14-15H2,(H,28,33)/t16-,22-/m0/s1. The van der Waals surface area contributed by atoms with E-state index in [0.29, 0.717) is 61.9 Å². The number of nitrogens with zero attached hydrogens (tertiary/aromatic N) is 5. The first kappa shape index (κ1) is 22.0. The Labute approximate surface area is 202 Å². The van der Waals surface area contributed by atoms with Crippen LogP contribution in [0.1, 0.15) is 45.5 Å². The van der Waals surface area contributed by atoms with E-state index < -0.39 is 0 Å². The molecule has 10 nitrogen and oxygen atoms in total. The molecule has 2 fully saturated rings. The van der Waals surface area contributed by atoms with Gasteiger partial charge in [0.2, 0.25) is 0 Å². The van der Waals surface area contributed by atoms with E-state index in [4.69, 9.17) is 4.74 Å². The second-order valence-corrected chi connectivity index (χ2v) is 9.47. The van der Waals surface area contributed by atoms with Gasteiger partial charge < -0.3 is 25.0 Å². The monoisotopic (exact) mass is 476 g/mol. The fourth-order valence-electron chi connectivity index (χ4n) is 5.41. The maximum atomic E-state index is 13.3. The van der Waals surface area contributed by atoms with Crippen molar-refractivity contribution in [1.29, 1.82) is 0 Å². The lowest BCUT2D eigenvalue weighted by Crippen LogP contribution is -2.37. The van der Waals surface area contributed by atoms with Crippen LogP contribution in [0.5, 0.6) is 0 Å². The van der Waals surface area contributed by atoms with Gasteiger partial charge in [-0.3, -0.25) is 9.59 Å². The number of amides is 2. The van der Waals surface area contributed by atoms with Crippen LogP contribution in [0.2, 0.25) is 0 Å². The van der Waals surface area contributed by atoms with Crippen LogP contribution in [0.25, 0.3) is 5.65 Å². The summed E-state index contributed by atoms with van der Waals surface area (Å²) in [6.45, 7) is 3.54. The molecule has 182 valence electrons. The van der Waals surface area contributed by atoms with Crippen molar-refractivity contribution in [2.75, 3.05) is 43.1 Å². The van der Waals surface area contributed by atoms with E-state index in [1.807, 2.05) is 17.0 Å². The summed E-state index contributed by atoms with van der Waals surface area (Å²) in [5.74, 6) is -0.198. The molecule has 0 spiro atoms. The zero-order chi connectivity index (χ0) is 23.9. The molecule has 2 N–H and O–H groups in total. The summed E-state index contributed by atoms with van der Waals surface area (Å²) in [7, 11) is 0. The van der Waals surface area contributed by atoms with Gasteiger partial charge >= 0.3 is 0 Å². The number of hydrogen-bond acceptors (Lipinski definition) is 7. The number of morpholine rings is 1. The van der Waals surface area contributed by atoms with Crippen molar-refractivity contribution in [2.24, 2.45) is 5.92 Å². The maximum Gasteiger partial charge on any atom is 0.261 e. The van der Waals surface area contributed by atoms with E-state index in [-0.39, 0.29) is 23.8 Å². The fourth-order valence-corrected chi connectivity index (χ4v) is 5.41. The molecule has 3 aromatic rings. The summed E-state index contributed by atoms with van der Waals surface area (Å²) in [6, 6.07) is 5.57. The Morgan fingerprint density at radius 1 is 1.23 bits per heavy atom. The van der Waals surface area contributed by atoms with Crippen molar-refractivity contribution in [2.45, 2.75) is 31.9 Å². The highest BCUT2D eigenvalue weighted by atomic mass is 16.5. The van der Waals surface area contributed by atoms with Crippen molar-refractivity contribution < 1.29 is 19.4 Å². The molecular formula is C25H28N6O4. The van der Waals surface area contributed by atoms with Crippen LogP contribution in [0.4, 0.5) is 11.4 Å². The summed E-state index contributed by atoms with van der Waals surface area (Å²) >= 11 is 0. The largest absolute Gasteiger partial charge is 0.393 e. The van der Waals surface area contributed by atoms with E-state index in [2.05, 4.69) is 20.3 Å². The molecule has 0 radical (unpaired) electrons. The van der Waals surface area contributed by atoms with Gasteiger partial charge in [-0.05, 0) is 36.6 Å². The fraction of sp³-hybridized carbons (Fsp3) is 0.440. The van der Waals surface area contributed by atoms with E-state index in [0.717, 1.165) is 30.5 Å². The van der Waals surface area contributed by atoms with Crippen LogP contribution >= 0.6 is 0 Å². The summed E-state index contributed by atoms with van der Waals surface area (Å²) in [5.41, 5.74) is 3.87. The Hall–Kier alpha value is -3.50. The second-order valence-electron chi connectivity index (χ2n) is 9.47. The van der Waals surface area contributed by atoms with Gasteiger partial charge in [-0.1, -0.05) is 6.42 Å². The number of anilines is 2. The van der Waals surface area contributed by atoms with Crippen LogP contribution in [0, 0.1) is 5.92 Å². The number of nitrogens with one attached hydrogen (secondary N) is 1. The van der Waals surface area contributed by atoms with Gasteiger partial charge in [-0.2, -0.15) is 5.10 Å². The van der Waals surface area contributed by atoms with Gasteiger partial charge in [0.1, 0.15) is 5.56 Å². The van der Waals surface area contributed by atoms with Gasteiger partial charge in [0.25, 0.3) is 11.8 Å². The number of aromatic nitrogens is 3. The first-order valence-corrected chi connectivity index (χ1v) is 12.1. The van der Waals surface area contributed by atoms with Crippen LogP contribution < -0.4 is 10.2 Å². The summed E-state index contributed by atoms with van der Waals surface area (Å²) < 4.78 is 7.08. The van der Waals surface area contributed by atoms with Gasteiger partial charge in [-0.25, -0.2) is 9.50 Å². The van der Waals surface area contributed by atoms with Crippen molar-refractivity contribution >= 4 is 28.8 Å². The van der Waals surface area contributed by atoms with Gasteiger partial charge in [0.15, 0.2) is 5.65 Å². The Kier molecular flexibility index (Phi) is 5.62. The average molecular weight is 477 g/mol. The van der Waals surface area contributed by atoms with Gasteiger partial charge in [0.05, 0.1) is 36.9 Å². The van der Waals surface area contributed by atoms with E-state index in [9.17, 15) is 14.7 Å². The normalized spacial score (nSPS) is 22.1. The minimum Gasteiger partial charge on any atom is -0.393 e. The minimum atomic E-state index is -0.343. The highest BCUT2D eigenvalue weighted by Gasteiger charge is 2.35.